The molecule has 0 fully saturated rings. The average molecular weight is 297 g/mol. The maximum atomic E-state index is 11.3. The summed E-state index contributed by atoms with van der Waals surface area (Å²) in [6.07, 6.45) is 5.57. The van der Waals surface area contributed by atoms with E-state index in [9.17, 15) is 4.79 Å². The van der Waals surface area contributed by atoms with Gasteiger partial charge in [-0.2, -0.15) is 0 Å². The largest absolute Gasteiger partial charge is 0.417 e. The van der Waals surface area contributed by atoms with Crippen LogP contribution in [0.1, 0.15) is 47.5 Å². The number of carbonyl (C=O) groups is 1. The summed E-state index contributed by atoms with van der Waals surface area (Å²) < 4.78 is 6.42. The molecule has 116 valence electrons. The predicted octanol–water partition coefficient (Wildman–Crippen LogP) is 4.82. The first kappa shape index (κ1) is 17.6. The van der Waals surface area contributed by atoms with Gasteiger partial charge >= 0.3 is 0 Å². The fourth-order valence-corrected chi connectivity index (χ4v) is 3.45. The summed E-state index contributed by atoms with van der Waals surface area (Å²) in [6.45, 7) is 16.8. The Bertz CT molecular complexity index is 364. The summed E-state index contributed by atoms with van der Waals surface area (Å²) in [5, 5.41) is 0.257. The number of hydrogen-bond acceptors (Lipinski definition) is 2. The van der Waals surface area contributed by atoms with Crippen molar-refractivity contribution in [3.63, 3.8) is 0 Å². The van der Waals surface area contributed by atoms with Crippen molar-refractivity contribution in [2.45, 2.75) is 65.6 Å². The van der Waals surface area contributed by atoms with Crippen molar-refractivity contribution < 1.29 is 9.22 Å². The van der Waals surface area contributed by atoms with Gasteiger partial charge in [0.25, 0.3) is 0 Å². The Labute approximate surface area is 126 Å². The minimum Gasteiger partial charge on any atom is -0.417 e. The monoisotopic (exact) mass is 296 g/mol. The van der Waals surface area contributed by atoms with Crippen molar-refractivity contribution >= 4 is 14.1 Å². The van der Waals surface area contributed by atoms with Crippen LogP contribution in [0, 0.1) is 17.8 Å². The molecule has 3 heteroatoms. The summed E-state index contributed by atoms with van der Waals surface area (Å²) in [7, 11) is -1.68. The SMILES string of the molecule is CC(C)[C@@H](CO[Si](C)(C)C(C)(C)C)C1C=CC(=O)CC1. The first-order chi connectivity index (χ1) is 9.04. The van der Waals surface area contributed by atoms with E-state index in [2.05, 4.69) is 53.8 Å². The van der Waals surface area contributed by atoms with E-state index in [0.29, 0.717) is 24.2 Å². The lowest BCUT2D eigenvalue weighted by Gasteiger charge is -2.39. The van der Waals surface area contributed by atoms with Gasteiger partial charge in [0.15, 0.2) is 14.1 Å². The summed E-state index contributed by atoms with van der Waals surface area (Å²) in [5.41, 5.74) is 0. The molecule has 0 heterocycles. The highest BCUT2D eigenvalue weighted by atomic mass is 28.4. The molecular weight excluding hydrogens is 264 g/mol. The van der Waals surface area contributed by atoms with Crippen LogP contribution in [0.2, 0.25) is 18.1 Å². The smallest absolute Gasteiger partial charge is 0.191 e. The standard InChI is InChI=1S/C17H32O2Si/c1-13(2)16(14-8-10-15(18)11-9-14)12-19-20(6,7)17(3,4)5/h8,10,13-14,16H,9,11-12H2,1-7H3/t14?,16-/m1/s1. The molecule has 0 amide bonds. The molecule has 0 spiro atoms. The van der Waals surface area contributed by atoms with Crippen LogP contribution in [0.4, 0.5) is 0 Å². The lowest BCUT2D eigenvalue weighted by Crippen LogP contribution is -2.43. The number of rotatable bonds is 5. The third kappa shape index (κ3) is 4.56. The molecule has 2 atom stereocenters. The van der Waals surface area contributed by atoms with Crippen LogP contribution in [0.25, 0.3) is 0 Å². The predicted molar refractivity (Wildman–Crippen MR) is 88.3 cm³/mol. The summed E-state index contributed by atoms with van der Waals surface area (Å²) in [4.78, 5) is 11.3. The zero-order valence-corrected chi connectivity index (χ0v) is 15.3. The van der Waals surface area contributed by atoms with Gasteiger partial charge in [0.05, 0.1) is 0 Å². The third-order valence-corrected chi connectivity index (χ3v) is 9.60. The second-order valence-electron chi connectivity index (χ2n) is 8.01. The minimum absolute atomic E-state index is 0.257. The Morgan fingerprint density at radius 3 is 2.35 bits per heavy atom. The Morgan fingerprint density at radius 2 is 1.95 bits per heavy atom. The van der Waals surface area contributed by atoms with E-state index in [1.807, 2.05) is 0 Å². The van der Waals surface area contributed by atoms with Gasteiger partial charge in [-0.1, -0.05) is 40.7 Å². The molecule has 0 saturated heterocycles. The minimum atomic E-state index is -1.68. The first-order valence-electron chi connectivity index (χ1n) is 7.89. The molecule has 1 unspecified atom stereocenters. The molecule has 1 rings (SSSR count). The van der Waals surface area contributed by atoms with Gasteiger partial charge in [-0.25, -0.2) is 0 Å². The molecule has 1 aliphatic carbocycles. The molecule has 0 bridgehead atoms. The first-order valence-corrected chi connectivity index (χ1v) is 10.8. The van der Waals surface area contributed by atoms with Crippen molar-refractivity contribution in [1.82, 2.24) is 0 Å². The summed E-state index contributed by atoms with van der Waals surface area (Å²) >= 11 is 0. The molecule has 20 heavy (non-hydrogen) atoms. The van der Waals surface area contributed by atoms with E-state index >= 15 is 0 Å². The number of allylic oxidation sites excluding steroid dienone is 2. The Kier molecular flexibility index (Phi) is 5.79. The Hall–Kier alpha value is -0.413. The molecule has 0 radical (unpaired) electrons. The number of hydrogen-bond donors (Lipinski definition) is 0. The average Bonchev–Trinajstić information content (AvgIpc) is 2.29. The molecular formula is C17H32O2Si. The molecule has 0 aromatic heterocycles. The quantitative estimate of drug-likeness (QED) is 0.680. The van der Waals surface area contributed by atoms with Crippen LogP contribution >= 0.6 is 0 Å². The zero-order valence-electron chi connectivity index (χ0n) is 14.3. The van der Waals surface area contributed by atoms with E-state index in [-0.39, 0.29) is 10.8 Å². The van der Waals surface area contributed by atoms with E-state index in [1.54, 1.807) is 6.08 Å². The molecule has 0 N–H and O–H groups in total. The molecule has 1 aliphatic rings. The number of carbonyl (C=O) groups excluding carboxylic acids is 1. The summed E-state index contributed by atoms with van der Waals surface area (Å²) in [5.74, 6) is 1.88. The molecule has 0 aliphatic heterocycles. The lowest BCUT2D eigenvalue weighted by atomic mass is 9.79. The highest BCUT2D eigenvalue weighted by Crippen LogP contribution is 2.38. The highest BCUT2D eigenvalue weighted by Gasteiger charge is 2.38. The van der Waals surface area contributed by atoms with Crippen LogP contribution < -0.4 is 0 Å². The van der Waals surface area contributed by atoms with Crippen LogP contribution in [0.5, 0.6) is 0 Å². The molecule has 0 aromatic carbocycles. The topological polar surface area (TPSA) is 26.3 Å². The van der Waals surface area contributed by atoms with E-state index in [4.69, 9.17) is 4.43 Å². The van der Waals surface area contributed by atoms with Crippen molar-refractivity contribution in [1.29, 1.82) is 0 Å². The zero-order chi connectivity index (χ0) is 15.6. The lowest BCUT2D eigenvalue weighted by molar-refractivity contribution is -0.115. The van der Waals surface area contributed by atoms with Gasteiger partial charge in [-0.3, -0.25) is 4.79 Å². The van der Waals surface area contributed by atoms with Crippen molar-refractivity contribution in [2.24, 2.45) is 17.8 Å². The van der Waals surface area contributed by atoms with Gasteiger partial charge in [-0.15, -0.1) is 0 Å². The third-order valence-electron chi connectivity index (χ3n) is 5.10. The normalized spacial score (nSPS) is 22.4. The Balaban J connectivity index is 2.70. The fraction of sp³-hybridized carbons (Fsp3) is 0.824. The Morgan fingerprint density at radius 1 is 1.35 bits per heavy atom. The van der Waals surface area contributed by atoms with Crippen LogP contribution in [0.3, 0.4) is 0 Å². The molecule has 0 aromatic rings. The van der Waals surface area contributed by atoms with Gasteiger partial charge in [-0.05, 0) is 48.4 Å². The van der Waals surface area contributed by atoms with E-state index < -0.39 is 8.32 Å². The van der Waals surface area contributed by atoms with Gasteiger partial charge in [0, 0.05) is 13.0 Å². The van der Waals surface area contributed by atoms with Gasteiger partial charge in [0.1, 0.15) is 0 Å². The maximum Gasteiger partial charge on any atom is 0.191 e. The van der Waals surface area contributed by atoms with E-state index in [0.717, 1.165) is 13.0 Å². The second-order valence-corrected chi connectivity index (χ2v) is 12.8. The van der Waals surface area contributed by atoms with Crippen molar-refractivity contribution in [2.75, 3.05) is 6.61 Å². The van der Waals surface area contributed by atoms with Gasteiger partial charge in [0.2, 0.25) is 0 Å². The van der Waals surface area contributed by atoms with Crippen molar-refractivity contribution in [3.8, 4) is 0 Å². The maximum absolute atomic E-state index is 11.3. The fourth-order valence-electron chi connectivity index (χ4n) is 2.41. The van der Waals surface area contributed by atoms with Crippen molar-refractivity contribution in [3.05, 3.63) is 12.2 Å². The van der Waals surface area contributed by atoms with Crippen LogP contribution in [-0.2, 0) is 9.22 Å². The second kappa shape index (κ2) is 6.57. The number of ketones is 1. The summed E-state index contributed by atoms with van der Waals surface area (Å²) in [6, 6.07) is 0. The molecule has 0 saturated carbocycles. The van der Waals surface area contributed by atoms with Gasteiger partial charge < -0.3 is 4.43 Å². The van der Waals surface area contributed by atoms with Crippen LogP contribution in [0.15, 0.2) is 12.2 Å². The van der Waals surface area contributed by atoms with Crippen LogP contribution in [-0.4, -0.2) is 20.7 Å². The highest BCUT2D eigenvalue weighted by molar-refractivity contribution is 6.74. The van der Waals surface area contributed by atoms with E-state index in [1.165, 1.54) is 0 Å². The molecule has 2 nitrogen and oxygen atoms in total.